The van der Waals surface area contributed by atoms with Crippen LogP contribution in [0, 0.1) is 6.92 Å². The van der Waals surface area contributed by atoms with Gasteiger partial charge in [-0.2, -0.15) is 23.3 Å². The summed E-state index contributed by atoms with van der Waals surface area (Å²) in [4.78, 5) is 16.5. The fourth-order valence-electron chi connectivity index (χ4n) is 2.77. The molecule has 0 atom stereocenters. The first-order valence-electron chi connectivity index (χ1n) is 8.66. The molecule has 3 aromatic rings. The number of aromatic nitrogens is 4. The zero-order valence-electron chi connectivity index (χ0n) is 14.8. The number of aryl methyl sites for hydroxylation is 1. The maximum Gasteiger partial charge on any atom is 0.434 e. The Kier molecular flexibility index (Phi) is 4.40. The molecule has 0 radical (unpaired) electrons. The molecule has 4 rings (SSSR count). The van der Waals surface area contributed by atoms with Gasteiger partial charge >= 0.3 is 6.18 Å². The lowest BCUT2D eigenvalue weighted by atomic mass is 10.2. The zero-order valence-corrected chi connectivity index (χ0v) is 14.8. The second kappa shape index (κ2) is 6.77. The molecule has 10 heteroatoms. The number of carbonyl (C=O) groups excluding carboxylic acids is 1. The predicted octanol–water partition coefficient (Wildman–Crippen LogP) is 3.39. The van der Waals surface area contributed by atoms with Crippen molar-refractivity contribution < 1.29 is 22.5 Å². The lowest BCUT2D eigenvalue weighted by Crippen LogP contribution is -2.26. The maximum absolute atomic E-state index is 13.6. The van der Waals surface area contributed by atoms with Gasteiger partial charge in [0.25, 0.3) is 5.91 Å². The van der Waals surface area contributed by atoms with Gasteiger partial charge in [-0.25, -0.2) is 4.68 Å². The number of hydrogen-bond acceptors (Lipinski definition) is 5. The van der Waals surface area contributed by atoms with Crippen molar-refractivity contribution in [2.75, 3.05) is 0 Å². The quantitative estimate of drug-likeness (QED) is 0.721. The number of hydrogen-bond donors (Lipinski definition) is 1. The molecule has 0 bridgehead atoms. The predicted molar refractivity (Wildman–Crippen MR) is 90.7 cm³/mol. The summed E-state index contributed by atoms with van der Waals surface area (Å²) in [5, 5.41) is 9.97. The molecule has 146 valence electrons. The highest BCUT2D eigenvalue weighted by atomic mass is 19.4. The highest BCUT2D eigenvalue weighted by Crippen LogP contribution is 2.38. The number of rotatable bonds is 5. The smallest absolute Gasteiger partial charge is 0.343 e. The second-order valence-corrected chi connectivity index (χ2v) is 6.66. The summed E-state index contributed by atoms with van der Waals surface area (Å²) in [5.41, 5.74) is -0.608. The van der Waals surface area contributed by atoms with Gasteiger partial charge in [0.2, 0.25) is 5.89 Å². The first kappa shape index (κ1) is 18.2. The van der Waals surface area contributed by atoms with E-state index >= 15 is 0 Å². The van der Waals surface area contributed by atoms with Gasteiger partial charge in [-0.15, -0.1) is 0 Å². The van der Waals surface area contributed by atoms with Crippen LogP contribution in [0.15, 0.2) is 35.0 Å². The normalized spacial score (nSPS) is 14.3. The van der Waals surface area contributed by atoms with E-state index in [1.54, 1.807) is 12.1 Å². The number of alkyl halides is 3. The third-order valence-electron chi connectivity index (χ3n) is 4.39. The Morgan fingerprint density at radius 2 is 2.00 bits per heavy atom. The first-order valence-corrected chi connectivity index (χ1v) is 8.66. The van der Waals surface area contributed by atoms with Crippen LogP contribution in [-0.4, -0.2) is 25.8 Å². The standard InChI is InChI=1S/C18H16F3N5O2/c1-10-2-6-12(7-3-10)26-15(18(19,20)21)13(8-23-26)17(27)22-9-14-24-16(25-28-14)11-4-5-11/h2-3,6-8,11H,4-5,9H2,1H3,(H,22,27). The van der Waals surface area contributed by atoms with Gasteiger partial charge < -0.3 is 9.84 Å². The molecule has 1 fully saturated rings. The van der Waals surface area contributed by atoms with Crippen molar-refractivity contribution in [1.29, 1.82) is 0 Å². The van der Waals surface area contributed by atoms with Crippen LogP contribution in [0.5, 0.6) is 0 Å². The van der Waals surface area contributed by atoms with Crippen LogP contribution in [0.4, 0.5) is 13.2 Å². The maximum atomic E-state index is 13.6. The van der Waals surface area contributed by atoms with Gasteiger partial charge in [0.05, 0.1) is 24.0 Å². The summed E-state index contributed by atoms with van der Waals surface area (Å²) in [7, 11) is 0. The van der Waals surface area contributed by atoms with Crippen LogP contribution < -0.4 is 5.32 Å². The first-order chi connectivity index (χ1) is 13.3. The fourth-order valence-corrected chi connectivity index (χ4v) is 2.77. The van der Waals surface area contributed by atoms with E-state index in [1.807, 2.05) is 6.92 Å². The molecule has 2 aromatic heterocycles. The topological polar surface area (TPSA) is 85.8 Å². The minimum Gasteiger partial charge on any atom is -0.343 e. The summed E-state index contributed by atoms with van der Waals surface area (Å²) in [6.07, 6.45) is -1.89. The van der Waals surface area contributed by atoms with Gasteiger partial charge in [-0.05, 0) is 31.9 Å². The highest BCUT2D eigenvalue weighted by Gasteiger charge is 2.40. The Morgan fingerprint density at radius 1 is 1.29 bits per heavy atom. The third-order valence-corrected chi connectivity index (χ3v) is 4.39. The summed E-state index contributed by atoms with van der Waals surface area (Å²) in [5.74, 6) is 0.0665. The van der Waals surface area contributed by atoms with Gasteiger partial charge in [0.15, 0.2) is 11.5 Å². The fraction of sp³-hybridized carbons (Fsp3) is 0.333. The van der Waals surface area contributed by atoms with Crippen molar-refractivity contribution in [2.45, 2.75) is 38.4 Å². The van der Waals surface area contributed by atoms with E-state index in [0.29, 0.717) is 10.5 Å². The molecule has 2 heterocycles. The van der Waals surface area contributed by atoms with Crippen LogP contribution in [-0.2, 0) is 12.7 Å². The van der Waals surface area contributed by atoms with Crippen molar-refractivity contribution in [3.63, 3.8) is 0 Å². The average Bonchev–Trinajstić information content (AvgIpc) is 3.21. The Bertz CT molecular complexity index is 1000. The van der Waals surface area contributed by atoms with Crippen LogP contribution in [0.1, 0.15) is 52.1 Å². The van der Waals surface area contributed by atoms with E-state index in [2.05, 4.69) is 20.6 Å². The molecule has 1 amide bonds. The SMILES string of the molecule is Cc1ccc(-n2ncc(C(=O)NCc3nc(C4CC4)no3)c2C(F)(F)F)cc1. The van der Waals surface area contributed by atoms with E-state index in [9.17, 15) is 18.0 Å². The molecule has 1 aromatic carbocycles. The number of halogens is 3. The van der Waals surface area contributed by atoms with E-state index in [4.69, 9.17) is 4.52 Å². The van der Waals surface area contributed by atoms with Crippen molar-refractivity contribution in [2.24, 2.45) is 0 Å². The molecule has 1 aliphatic rings. The molecule has 0 aliphatic heterocycles. The third kappa shape index (κ3) is 3.62. The largest absolute Gasteiger partial charge is 0.434 e. The average molecular weight is 391 g/mol. The molecular weight excluding hydrogens is 375 g/mol. The van der Waals surface area contributed by atoms with Crippen LogP contribution in [0.2, 0.25) is 0 Å². The van der Waals surface area contributed by atoms with Crippen molar-refractivity contribution in [1.82, 2.24) is 25.2 Å². The van der Waals surface area contributed by atoms with Crippen LogP contribution >= 0.6 is 0 Å². The highest BCUT2D eigenvalue weighted by molar-refractivity contribution is 5.95. The number of amides is 1. The van der Waals surface area contributed by atoms with Crippen molar-refractivity contribution in [3.8, 4) is 5.69 Å². The number of nitrogens with one attached hydrogen (secondary N) is 1. The number of benzene rings is 1. The Labute approximate surface area is 157 Å². The van der Waals surface area contributed by atoms with Crippen LogP contribution in [0.25, 0.3) is 5.69 Å². The van der Waals surface area contributed by atoms with E-state index in [-0.39, 0.29) is 24.0 Å². The van der Waals surface area contributed by atoms with Gasteiger partial charge in [-0.1, -0.05) is 22.9 Å². The molecule has 0 saturated heterocycles. The van der Waals surface area contributed by atoms with Gasteiger partial charge in [0.1, 0.15) is 0 Å². The number of nitrogens with zero attached hydrogens (tertiary/aromatic N) is 4. The number of carbonyl (C=O) groups is 1. The molecular formula is C18H16F3N5O2. The minimum atomic E-state index is -4.77. The summed E-state index contributed by atoms with van der Waals surface area (Å²) in [6.45, 7) is 1.66. The monoisotopic (exact) mass is 391 g/mol. The molecule has 1 N–H and O–H groups in total. The molecule has 1 saturated carbocycles. The molecule has 0 spiro atoms. The molecule has 7 nitrogen and oxygen atoms in total. The Hall–Kier alpha value is -3.17. The Morgan fingerprint density at radius 3 is 2.64 bits per heavy atom. The van der Waals surface area contributed by atoms with Crippen molar-refractivity contribution in [3.05, 3.63) is 59.0 Å². The molecule has 28 heavy (non-hydrogen) atoms. The second-order valence-electron chi connectivity index (χ2n) is 6.66. The van der Waals surface area contributed by atoms with Crippen LogP contribution in [0.3, 0.4) is 0 Å². The molecule has 1 aliphatic carbocycles. The van der Waals surface area contributed by atoms with Gasteiger partial charge in [-0.3, -0.25) is 4.79 Å². The van der Waals surface area contributed by atoms with E-state index < -0.39 is 23.3 Å². The van der Waals surface area contributed by atoms with E-state index in [1.165, 1.54) is 12.1 Å². The lowest BCUT2D eigenvalue weighted by Gasteiger charge is -2.12. The Balaban J connectivity index is 1.57. The van der Waals surface area contributed by atoms with Gasteiger partial charge in [0, 0.05) is 5.92 Å². The molecule has 0 unspecified atom stereocenters. The summed E-state index contributed by atoms with van der Waals surface area (Å²) < 4.78 is 46.7. The lowest BCUT2D eigenvalue weighted by molar-refractivity contribution is -0.143. The van der Waals surface area contributed by atoms with Crippen molar-refractivity contribution >= 4 is 5.91 Å². The minimum absolute atomic E-state index is 0.148. The zero-order chi connectivity index (χ0) is 19.9. The summed E-state index contributed by atoms with van der Waals surface area (Å²) >= 11 is 0. The van der Waals surface area contributed by atoms with E-state index in [0.717, 1.165) is 24.6 Å². The summed E-state index contributed by atoms with van der Waals surface area (Å²) in [6, 6.07) is 6.36.